The molecule has 1 atom stereocenters. The van der Waals surface area contributed by atoms with Gasteiger partial charge in [-0.15, -0.1) is 0 Å². The Morgan fingerprint density at radius 3 is 2.68 bits per heavy atom. The summed E-state index contributed by atoms with van der Waals surface area (Å²) in [6.45, 7) is 3.77. The first-order chi connectivity index (χ1) is 15.2. The Morgan fingerprint density at radius 1 is 1.13 bits per heavy atom. The maximum Gasteiger partial charge on any atom is 0.259 e. The van der Waals surface area contributed by atoms with Gasteiger partial charge < -0.3 is 10.1 Å². The number of amides is 1. The summed E-state index contributed by atoms with van der Waals surface area (Å²) in [5.74, 6) is 1.17. The third kappa shape index (κ3) is 4.91. The number of benzene rings is 2. The van der Waals surface area contributed by atoms with Gasteiger partial charge in [0.05, 0.1) is 30.1 Å². The number of likely N-dealkylation sites (tertiary alicyclic amines) is 1. The van der Waals surface area contributed by atoms with Gasteiger partial charge in [0.1, 0.15) is 11.6 Å². The van der Waals surface area contributed by atoms with E-state index in [2.05, 4.69) is 39.5 Å². The normalized spacial score (nSPS) is 16.6. The fourth-order valence-electron chi connectivity index (χ4n) is 4.10. The first-order valence-corrected chi connectivity index (χ1v) is 10.7. The molecule has 2 aromatic carbocycles. The lowest BCUT2D eigenvalue weighted by molar-refractivity contribution is 0.102. The molecule has 6 nitrogen and oxygen atoms in total. The molecule has 0 aliphatic carbocycles. The number of para-hydroxylation sites is 2. The van der Waals surface area contributed by atoms with E-state index in [1.165, 1.54) is 12.0 Å². The molecule has 160 valence electrons. The van der Waals surface area contributed by atoms with E-state index >= 15 is 0 Å². The number of carbonyl (C=O) groups excluding carboxylic acids is 1. The molecule has 31 heavy (non-hydrogen) atoms. The average molecular weight is 417 g/mol. The second-order valence-electron chi connectivity index (χ2n) is 7.85. The largest absolute Gasteiger partial charge is 0.495 e. The molecule has 0 radical (unpaired) electrons. The van der Waals surface area contributed by atoms with Crippen molar-refractivity contribution in [1.29, 1.82) is 0 Å². The standard InChI is InChI=1S/C25H28N4O2/c1-18-20(25(30)28-21-12-6-7-14-23(21)31-2)16-26-24(27-18)22-13-8-9-15-29(22)17-19-10-4-3-5-11-19/h3-7,10-12,14,16,22H,8-9,13,15,17H2,1-2H3,(H,28,30)/t22-/m1/s1. The number of aromatic nitrogens is 2. The van der Waals surface area contributed by atoms with Crippen LogP contribution >= 0.6 is 0 Å². The van der Waals surface area contributed by atoms with Crippen molar-refractivity contribution in [1.82, 2.24) is 14.9 Å². The Balaban J connectivity index is 1.52. The molecule has 1 fully saturated rings. The van der Waals surface area contributed by atoms with Crippen LogP contribution in [0.5, 0.6) is 5.75 Å². The molecule has 0 unspecified atom stereocenters. The molecule has 0 saturated carbocycles. The Labute approximate surface area is 183 Å². The number of hydrogen-bond acceptors (Lipinski definition) is 5. The summed E-state index contributed by atoms with van der Waals surface area (Å²) in [7, 11) is 1.58. The predicted octanol–water partition coefficient (Wildman–Crippen LogP) is 4.77. The quantitative estimate of drug-likeness (QED) is 0.627. The number of nitrogens with zero attached hydrogens (tertiary/aromatic N) is 3. The van der Waals surface area contributed by atoms with Gasteiger partial charge in [0.25, 0.3) is 5.91 Å². The van der Waals surface area contributed by atoms with Gasteiger partial charge >= 0.3 is 0 Å². The second-order valence-corrected chi connectivity index (χ2v) is 7.85. The van der Waals surface area contributed by atoms with Gasteiger partial charge in [-0.25, -0.2) is 9.97 Å². The molecular weight excluding hydrogens is 388 g/mol. The van der Waals surface area contributed by atoms with E-state index in [0.29, 0.717) is 22.7 Å². The monoisotopic (exact) mass is 416 g/mol. The zero-order valence-corrected chi connectivity index (χ0v) is 18.0. The van der Waals surface area contributed by atoms with Crippen molar-refractivity contribution < 1.29 is 9.53 Å². The molecular formula is C25H28N4O2. The van der Waals surface area contributed by atoms with Crippen molar-refractivity contribution in [2.45, 2.75) is 38.8 Å². The number of nitrogens with one attached hydrogen (secondary N) is 1. The molecule has 0 bridgehead atoms. The highest BCUT2D eigenvalue weighted by atomic mass is 16.5. The molecule has 2 heterocycles. The number of methoxy groups -OCH3 is 1. The van der Waals surface area contributed by atoms with Gasteiger partial charge in [-0.2, -0.15) is 0 Å². The number of aryl methyl sites for hydroxylation is 1. The SMILES string of the molecule is COc1ccccc1NC(=O)c1cnc([C@H]2CCCCN2Cc2ccccc2)nc1C. The maximum absolute atomic E-state index is 12.8. The number of carbonyl (C=O) groups is 1. The van der Waals surface area contributed by atoms with Gasteiger partial charge in [0.15, 0.2) is 0 Å². The van der Waals surface area contributed by atoms with Gasteiger partial charge in [0, 0.05) is 12.7 Å². The van der Waals surface area contributed by atoms with Crippen molar-refractivity contribution >= 4 is 11.6 Å². The number of hydrogen-bond donors (Lipinski definition) is 1. The van der Waals surface area contributed by atoms with E-state index in [-0.39, 0.29) is 11.9 Å². The molecule has 1 aliphatic heterocycles. The van der Waals surface area contributed by atoms with Crippen molar-refractivity contribution in [3.8, 4) is 5.75 Å². The van der Waals surface area contributed by atoms with Crippen LogP contribution in [0.4, 0.5) is 5.69 Å². The minimum Gasteiger partial charge on any atom is -0.495 e. The van der Waals surface area contributed by atoms with Crippen LogP contribution in [-0.2, 0) is 6.54 Å². The van der Waals surface area contributed by atoms with Crippen LogP contribution in [0.3, 0.4) is 0 Å². The van der Waals surface area contributed by atoms with Crippen LogP contribution in [0, 0.1) is 6.92 Å². The lowest BCUT2D eigenvalue weighted by atomic mass is 10.00. The van der Waals surface area contributed by atoms with E-state index in [4.69, 9.17) is 9.72 Å². The molecule has 1 aliphatic rings. The summed E-state index contributed by atoms with van der Waals surface area (Å²) in [5, 5.41) is 2.90. The lowest BCUT2D eigenvalue weighted by Gasteiger charge is -2.34. The molecule has 4 rings (SSSR count). The smallest absolute Gasteiger partial charge is 0.259 e. The third-order valence-corrected chi connectivity index (χ3v) is 5.74. The van der Waals surface area contributed by atoms with Crippen LogP contribution in [0.25, 0.3) is 0 Å². The fourth-order valence-corrected chi connectivity index (χ4v) is 4.10. The van der Waals surface area contributed by atoms with Crippen molar-refractivity contribution in [3.63, 3.8) is 0 Å². The number of rotatable bonds is 6. The van der Waals surface area contributed by atoms with E-state index in [1.807, 2.05) is 37.3 Å². The Morgan fingerprint density at radius 2 is 1.90 bits per heavy atom. The molecule has 0 spiro atoms. The molecule has 1 N–H and O–H groups in total. The van der Waals surface area contributed by atoms with Crippen molar-refractivity contribution in [2.24, 2.45) is 0 Å². The molecule has 6 heteroatoms. The predicted molar refractivity (Wildman–Crippen MR) is 121 cm³/mol. The molecule has 3 aromatic rings. The highest BCUT2D eigenvalue weighted by molar-refractivity contribution is 6.05. The minimum absolute atomic E-state index is 0.166. The summed E-state index contributed by atoms with van der Waals surface area (Å²) >= 11 is 0. The number of piperidine rings is 1. The van der Waals surface area contributed by atoms with E-state index in [0.717, 1.165) is 31.8 Å². The third-order valence-electron chi connectivity index (χ3n) is 5.74. The number of ether oxygens (including phenoxy) is 1. The van der Waals surface area contributed by atoms with Crippen molar-refractivity contribution in [3.05, 3.63) is 83.4 Å². The van der Waals surface area contributed by atoms with Gasteiger partial charge in [0.2, 0.25) is 0 Å². The van der Waals surface area contributed by atoms with Crippen molar-refractivity contribution in [2.75, 3.05) is 19.0 Å². The van der Waals surface area contributed by atoms with Gasteiger partial charge in [-0.1, -0.05) is 48.9 Å². The average Bonchev–Trinajstić information content (AvgIpc) is 2.80. The first kappa shape index (κ1) is 21.0. The van der Waals surface area contributed by atoms with Crippen LogP contribution in [-0.4, -0.2) is 34.4 Å². The van der Waals surface area contributed by atoms with Gasteiger partial charge in [-0.05, 0) is 44.0 Å². The minimum atomic E-state index is -0.238. The Kier molecular flexibility index (Phi) is 6.57. The van der Waals surface area contributed by atoms with Crippen LogP contribution < -0.4 is 10.1 Å². The molecule has 1 aromatic heterocycles. The van der Waals surface area contributed by atoms with Crippen LogP contribution in [0.2, 0.25) is 0 Å². The summed E-state index contributed by atoms with van der Waals surface area (Å²) in [5.41, 5.74) is 3.07. The van der Waals surface area contributed by atoms with Crippen LogP contribution in [0.1, 0.15) is 52.7 Å². The zero-order valence-electron chi connectivity index (χ0n) is 18.0. The molecule has 1 saturated heterocycles. The van der Waals surface area contributed by atoms with E-state index in [1.54, 1.807) is 13.3 Å². The summed E-state index contributed by atoms with van der Waals surface area (Å²) in [6, 6.07) is 18.0. The zero-order chi connectivity index (χ0) is 21.6. The highest BCUT2D eigenvalue weighted by Gasteiger charge is 2.27. The number of anilines is 1. The van der Waals surface area contributed by atoms with E-state index < -0.39 is 0 Å². The summed E-state index contributed by atoms with van der Waals surface area (Å²) in [6.07, 6.45) is 5.02. The Hall–Kier alpha value is -3.25. The maximum atomic E-state index is 12.8. The molecule has 1 amide bonds. The fraction of sp³-hybridized carbons (Fsp3) is 0.320. The van der Waals surface area contributed by atoms with Crippen LogP contribution in [0.15, 0.2) is 60.8 Å². The topological polar surface area (TPSA) is 67.3 Å². The second kappa shape index (κ2) is 9.71. The van der Waals surface area contributed by atoms with E-state index in [9.17, 15) is 4.79 Å². The summed E-state index contributed by atoms with van der Waals surface area (Å²) in [4.78, 5) is 24.7. The first-order valence-electron chi connectivity index (χ1n) is 10.7. The summed E-state index contributed by atoms with van der Waals surface area (Å²) < 4.78 is 5.32. The lowest BCUT2D eigenvalue weighted by Crippen LogP contribution is -2.34. The Bertz CT molecular complexity index is 1040. The highest BCUT2D eigenvalue weighted by Crippen LogP contribution is 2.31. The van der Waals surface area contributed by atoms with Gasteiger partial charge in [-0.3, -0.25) is 9.69 Å².